The first kappa shape index (κ1) is 15.5. The van der Waals surface area contributed by atoms with Crippen LogP contribution in [0.15, 0.2) is 5.16 Å². The second-order valence-corrected chi connectivity index (χ2v) is 7.58. The second-order valence-electron chi connectivity index (χ2n) is 6.06. The highest BCUT2D eigenvalue weighted by Gasteiger charge is 2.51. The molecule has 9 heteroatoms. The molecule has 1 aliphatic carbocycles. The predicted molar refractivity (Wildman–Crippen MR) is 76.8 cm³/mol. The third kappa shape index (κ3) is 2.45. The molecule has 0 N–H and O–H groups in total. The first-order valence-electron chi connectivity index (χ1n) is 7.23. The van der Waals surface area contributed by atoms with Crippen molar-refractivity contribution in [2.75, 3.05) is 0 Å². The average Bonchev–Trinajstić information content (AvgIpc) is 3.12. The Morgan fingerprint density at radius 2 is 2.18 bits per heavy atom. The molecular weight excluding hydrogens is 314 g/mol. The molecule has 0 bridgehead atoms. The van der Waals surface area contributed by atoms with Crippen LogP contribution in [0.4, 0.5) is 8.78 Å². The Hall–Kier alpha value is -1.38. The lowest BCUT2D eigenvalue weighted by Gasteiger charge is -2.19. The van der Waals surface area contributed by atoms with Crippen LogP contribution >= 0.6 is 0 Å². The fourth-order valence-corrected chi connectivity index (χ4v) is 3.61. The predicted octanol–water partition coefficient (Wildman–Crippen LogP) is 2.39. The zero-order valence-electron chi connectivity index (χ0n) is 12.7. The van der Waals surface area contributed by atoms with E-state index in [1.807, 2.05) is 6.92 Å². The third-order valence-corrected chi connectivity index (χ3v) is 5.50. The summed E-state index contributed by atoms with van der Waals surface area (Å²) in [6, 6.07) is 0. The van der Waals surface area contributed by atoms with Crippen LogP contribution in [0.3, 0.4) is 0 Å². The Kier molecular flexibility index (Phi) is 3.58. The molecule has 1 fully saturated rings. The second kappa shape index (κ2) is 5.07. The van der Waals surface area contributed by atoms with E-state index in [1.165, 1.54) is 4.68 Å². The van der Waals surface area contributed by atoms with E-state index in [1.54, 1.807) is 14.0 Å². The number of nitrogens with zero attached hydrogens (tertiary/aromatic N) is 4. The summed E-state index contributed by atoms with van der Waals surface area (Å²) < 4.78 is 43.0. The minimum absolute atomic E-state index is 0.0283. The molecular formula is C13H18F2N4O2S. The lowest BCUT2D eigenvalue weighted by molar-refractivity contribution is -0.00605. The lowest BCUT2D eigenvalue weighted by atomic mass is 10.0. The molecule has 1 saturated carbocycles. The number of aromatic nitrogens is 3. The van der Waals surface area contributed by atoms with Crippen molar-refractivity contribution in [1.29, 1.82) is 0 Å². The van der Waals surface area contributed by atoms with E-state index in [9.17, 15) is 13.0 Å². The van der Waals surface area contributed by atoms with Gasteiger partial charge in [-0.15, -0.1) is 5.10 Å². The summed E-state index contributed by atoms with van der Waals surface area (Å²) in [4.78, 5) is 5.17. The largest absolute Gasteiger partial charge is 0.388 e. The summed E-state index contributed by atoms with van der Waals surface area (Å²) in [5.74, 6) is 0.0283. The minimum atomic E-state index is -3.62. The standard InChI is InChI=1S/C13H18F2N4O2S/c1-4-12(2)7-9(17-21-12)22(20)13(14,15)11-10(8-5-6-8)19(3)18-16-11/h8H,4-7H2,1-3H3. The van der Waals surface area contributed by atoms with Crippen molar-refractivity contribution in [2.24, 2.45) is 12.2 Å². The van der Waals surface area contributed by atoms with Crippen LogP contribution in [0.2, 0.25) is 0 Å². The van der Waals surface area contributed by atoms with Crippen LogP contribution < -0.4 is 0 Å². The molecule has 2 atom stereocenters. The number of hydrogen-bond acceptors (Lipinski definition) is 5. The Morgan fingerprint density at radius 1 is 1.50 bits per heavy atom. The number of aryl methyl sites for hydroxylation is 1. The molecule has 0 aromatic carbocycles. The van der Waals surface area contributed by atoms with Gasteiger partial charge in [-0.25, -0.2) is 4.21 Å². The number of halogens is 2. The van der Waals surface area contributed by atoms with Crippen LogP contribution in [0.25, 0.3) is 0 Å². The first-order chi connectivity index (χ1) is 10.3. The van der Waals surface area contributed by atoms with Crippen LogP contribution in [0, 0.1) is 0 Å². The van der Waals surface area contributed by atoms with Gasteiger partial charge in [0.25, 0.3) is 0 Å². The van der Waals surface area contributed by atoms with Crippen molar-refractivity contribution < 1.29 is 17.8 Å². The Balaban J connectivity index is 1.89. The number of oxime groups is 1. The molecule has 0 spiro atoms. The normalized spacial score (nSPS) is 26.7. The molecule has 1 aromatic rings. The van der Waals surface area contributed by atoms with Gasteiger partial charge in [0.15, 0.2) is 10.7 Å². The number of hydrogen-bond donors (Lipinski definition) is 0. The summed E-state index contributed by atoms with van der Waals surface area (Å²) in [6.45, 7) is 3.63. The average molecular weight is 332 g/mol. The Labute approximate surface area is 129 Å². The van der Waals surface area contributed by atoms with Gasteiger partial charge in [0, 0.05) is 19.4 Å². The van der Waals surface area contributed by atoms with Crippen LogP contribution in [0.1, 0.15) is 56.8 Å². The molecule has 22 heavy (non-hydrogen) atoms. The maximum atomic E-state index is 14.7. The number of rotatable bonds is 4. The Bertz CT molecular complexity index is 656. The van der Waals surface area contributed by atoms with Gasteiger partial charge in [-0.2, -0.15) is 8.78 Å². The smallest absolute Gasteiger partial charge is 0.372 e. The van der Waals surface area contributed by atoms with Gasteiger partial charge in [-0.1, -0.05) is 17.3 Å². The molecule has 3 rings (SSSR count). The molecule has 2 unspecified atom stereocenters. The zero-order valence-corrected chi connectivity index (χ0v) is 13.5. The third-order valence-electron chi connectivity index (χ3n) is 4.20. The van der Waals surface area contributed by atoms with Gasteiger partial charge in [0.2, 0.25) is 0 Å². The number of alkyl halides is 2. The van der Waals surface area contributed by atoms with Crippen LogP contribution in [-0.2, 0) is 27.9 Å². The van der Waals surface area contributed by atoms with E-state index in [-0.39, 0.29) is 17.4 Å². The summed E-state index contributed by atoms with van der Waals surface area (Å²) >= 11 is 0. The van der Waals surface area contributed by atoms with Gasteiger partial charge < -0.3 is 4.84 Å². The fourth-order valence-electron chi connectivity index (χ4n) is 2.46. The fraction of sp³-hybridized carbons (Fsp3) is 0.769. The molecule has 1 aromatic heterocycles. The quantitative estimate of drug-likeness (QED) is 0.849. The molecule has 1 aliphatic heterocycles. The maximum Gasteiger partial charge on any atom is 0.372 e. The van der Waals surface area contributed by atoms with E-state index < -0.39 is 27.3 Å². The zero-order chi connectivity index (χ0) is 16.1. The first-order valence-corrected chi connectivity index (χ1v) is 8.38. The summed E-state index contributed by atoms with van der Waals surface area (Å²) in [7, 11) is -1.04. The van der Waals surface area contributed by atoms with Crippen LogP contribution in [0.5, 0.6) is 0 Å². The molecule has 6 nitrogen and oxygen atoms in total. The van der Waals surface area contributed by atoms with Crippen molar-refractivity contribution >= 4 is 15.8 Å². The van der Waals surface area contributed by atoms with E-state index >= 15 is 0 Å². The van der Waals surface area contributed by atoms with Gasteiger partial charge in [-0.05, 0) is 26.2 Å². The summed E-state index contributed by atoms with van der Waals surface area (Å²) in [5.41, 5.74) is -0.789. The molecule has 0 saturated heterocycles. The van der Waals surface area contributed by atoms with Gasteiger partial charge in [0.05, 0.1) is 5.69 Å². The highest BCUT2D eigenvalue weighted by atomic mass is 32.2. The molecule has 2 aliphatic rings. The van der Waals surface area contributed by atoms with E-state index in [0.29, 0.717) is 12.1 Å². The summed E-state index contributed by atoms with van der Waals surface area (Å²) in [5, 5.41) is 7.14. The van der Waals surface area contributed by atoms with Crippen molar-refractivity contribution in [2.45, 2.75) is 56.3 Å². The van der Waals surface area contributed by atoms with Gasteiger partial charge in [-0.3, -0.25) is 4.68 Å². The highest BCUT2D eigenvalue weighted by Crippen LogP contribution is 2.46. The van der Waals surface area contributed by atoms with Gasteiger partial charge >= 0.3 is 5.25 Å². The van der Waals surface area contributed by atoms with Crippen molar-refractivity contribution in [1.82, 2.24) is 15.0 Å². The highest BCUT2D eigenvalue weighted by molar-refractivity contribution is 8.01. The van der Waals surface area contributed by atoms with Crippen molar-refractivity contribution in [3.05, 3.63) is 11.4 Å². The van der Waals surface area contributed by atoms with E-state index in [0.717, 1.165) is 12.8 Å². The molecule has 0 amide bonds. The molecule has 122 valence electrons. The van der Waals surface area contributed by atoms with Crippen molar-refractivity contribution in [3.63, 3.8) is 0 Å². The SMILES string of the molecule is CCC1(C)CC(S(=O)C(F)(F)c2nnn(C)c2C2CC2)=NO1. The maximum absolute atomic E-state index is 14.7. The monoisotopic (exact) mass is 332 g/mol. The molecule has 0 radical (unpaired) electrons. The van der Waals surface area contributed by atoms with Crippen molar-refractivity contribution in [3.8, 4) is 0 Å². The lowest BCUT2D eigenvalue weighted by Crippen LogP contribution is -2.30. The summed E-state index contributed by atoms with van der Waals surface area (Å²) in [6.07, 6.45) is 2.38. The van der Waals surface area contributed by atoms with Gasteiger partial charge in [0.1, 0.15) is 16.4 Å². The van der Waals surface area contributed by atoms with Crippen LogP contribution in [-0.4, -0.2) is 29.8 Å². The van der Waals surface area contributed by atoms with E-state index in [4.69, 9.17) is 4.84 Å². The van der Waals surface area contributed by atoms with E-state index in [2.05, 4.69) is 15.5 Å². The Morgan fingerprint density at radius 3 is 2.73 bits per heavy atom. The minimum Gasteiger partial charge on any atom is -0.388 e. The topological polar surface area (TPSA) is 69.4 Å². The molecule has 2 heterocycles.